The van der Waals surface area contributed by atoms with Crippen molar-refractivity contribution in [2.45, 2.75) is 38.8 Å². The van der Waals surface area contributed by atoms with E-state index in [1.807, 2.05) is 13.8 Å². The van der Waals surface area contributed by atoms with Gasteiger partial charge < -0.3 is 21.3 Å². The second-order valence-corrected chi connectivity index (χ2v) is 4.44. The normalized spacial score (nSPS) is 16.1. The number of carboxylic acid groups (broad SMARTS) is 1. The van der Waals surface area contributed by atoms with Crippen LogP contribution in [-0.4, -0.2) is 39.6 Å². The molecule has 2 unspecified atom stereocenters. The molecule has 0 spiro atoms. The van der Waals surface area contributed by atoms with Gasteiger partial charge in [-0.15, -0.1) is 0 Å². The highest BCUT2D eigenvalue weighted by molar-refractivity contribution is 6.05. The molecule has 2 atom stereocenters. The summed E-state index contributed by atoms with van der Waals surface area (Å²) in [5.74, 6) is -3.53. The van der Waals surface area contributed by atoms with Gasteiger partial charge in [-0.05, 0) is 19.3 Å². The number of rotatable bonds is 6. The van der Waals surface area contributed by atoms with Crippen molar-refractivity contribution in [2.75, 3.05) is 0 Å². The molecule has 0 fully saturated rings. The SMILES string of the molecule is CC(C)CC(NC(=O)C(C)(O)C(=O)O)C(N)=O. The zero-order valence-electron chi connectivity index (χ0n) is 10.1. The van der Waals surface area contributed by atoms with Crippen molar-refractivity contribution in [3.63, 3.8) is 0 Å². The number of carbonyl (C=O) groups excluding carboxylic acids is 2. The molecule has 0 bridgehead atoms. The maximum absolute atomic E-state index is 11.5. The Labute approximate surface area is 99.0 Å². The number of primary amides is 1. The second kappa shape index (κ2) is 5.62. The van der Waals surface area contributed by atoms with E-state index in [4.69, 9.17) is 10.8 Å². The topological polar surface area (TPSA) is 130 Å². The van der Waals surface area contributed by atoms with Gasteiger partial charge in [0.25, 0.3) is 5.91 Å². The minimum Gasteiger partial charge on any atom is -0.479 e. The van der Waals surface area contributed by atoms with E-state index >= 15 is 0 Å². The van der Waals surface area contributed by atoms with Crippen molar-refractivity contribution >= 4 is 17.8 Å². The maximum atomic E-state index is 11.5. The van der Waals surface area contributed by atoms with E-state index < -0.39 is 29.4 Å². The van der Waals surface area contributed by atoms with Crippen molar-refractivity contribution < 1.29 is 24.6 Å². The lowest BCUT2D eigenvalue weighted by molar-refractivity contribution is -0.164. The molecule has 0 aromatic heterocycles. The van der Waals surface area contributed by atoms with Gasteiger partial charge in [0.15, 0.2) is 0 Å². The lowest BCUT2D eigenvalue weighted by atomic mass is 10.0. The number of hydrogen-bond donors (Lipinski definition) is 4. The van der Waals surface area contributed by atoms with E-state index in [2.05, 4.69) is 5.32 Å². The van der Waals surface area contributed by atoms with Gasteiger partial charge in [0, 0.05) is 0 Å². The predicted octanol–water partition coefficient (Wildman–Crippen LogP) is -1.16. The van der Waals surface area contributed by atoms with E-state index in [1.54, 1.807) is 0 Å². The Morgan fingerprint density at radius 1 is 1.35 bits per heavy atom. The average Bonchev–Trinajstić information content (AvgIpc) is 2.15. The molecule has 5 N–H and O–H groups in total. The molecule has 17 heavy (non-hydrogen) atoms. The summed E-state index contributed by atoms with van der Waals surface area (Å²) in [5.41, 5.74) is 2.49. The molecule has 0 aliphatic heterocycles. The lowest BCUT2D eigenvalue weighted by Gasteiger charge is -2.22. The third kappa shape index (κ3) is 4.39. The molecular weight excluding hydrogens is 228 g/mol. The minimum atomic E-state index is -2.58. The van der Waals surface area contributed by atoms with Crippen LogP contribution in [0.25, 0.3) is 0 Å². The van der Waals surface area contributed by atoms with Crippen LogP contribution in [0.4, 0.5) is 0 Å². The Balaban J connectivity index is 4.73. The Morgan fingerprint density at radius 3 is 2.12 bits per heavy atom. The molecule has 0 rings (SSSR count). The highest BCUT2D eigenvalue weighted by Gasteiger charge is 2.40. The van der Waals surface area contributed by atoms with Crippen LogP contribution in [0.15, 0.2) is 0 Å². The predicted molar refractivity (Wildman–Crippen MR) is 58.8 cm³/mol. The lowest BCUT2D eigenvalue weighted by Crippen LogP contribution is -2.56. The van der Waals surface area contributed by atoms with Gasteiger partial charge in [-0.2, -0.15) is 0 Å². The number of carboxylic acids is 1. The Morgan fingerprint density at radius 2 is 1.82 bits per heavy atom. The summed E-state index contributed by atoms with van der Waals surface area (Å²) in [6, 6.07) is -0.992. The van der Waals surface area contributed by atoms with Gasteiger partial charge in [0.05, 0.1) is 0 Å². The van der Waals surface area contributed by atoms with Crippen LogP contribution in [0.2, 0.25) is 0 Å². The highest BCUT2D eigenvalue weighted by atomic mass is 16.4. The van der Waals surface area contributed by atoms with E-state index in [0.717, 1.165) is 6.92 Å². The molecule has 0 aliphatic carbocycles. The molecule has 0 saturated carbocycles. The van der Waals surface area contributed by atoms with E-state index in [9.17, 15) is 19.5 Å². The van der Waals surface area contributed by atoms with Crippen LogP contribution in [0.1, 0.15) is 27.2 Å². The molecule has 7 heteroatoms. The van der Waals surface area contributed by atoms with Gasteiger partial charge in [0.2, 0.25) is 11.5 Å². The molecule has 0 heterocycles. The first-order valence-corrected chi connectivity index (χ1v) is 5.15. The van der Waals surface area contributed by atoms with Gasteiger partial charge >= 0.3 is 5.97 Å². The van der Waals surface area contributed by atoms with E-state index in [-0.39, 0.29) is 12.3 Å². The fraction of sp³-hybridized carbons (Fsp3) is 0.700. The third-order valence-corrected chi connectivity index (χ3v) is 2.21. The van der Waals surface area contributed by atoms with Gasteiger partial charge in [-0.25, -0.2) is 4.79 Å². The quantitative estimate of drug-likeness (QED) is 0.439. The molecule has 0 aromatic carbocycles. The van der Waals surface area contributed by atoms with Crippen LogP contribution in [0.3, 0.4) is 0 Å². The van der Waals surface area contributed by atoms with Gasteiger partial charge in [-0.1, -0.05) is 13.8 Å². The zero-order chi connectivity index (χ0) is 13.8. The number of carbonyl (C=O) groups is 3. The van der Waals surface area contributed by atoms with Crippen LogP contribution in [-0.2, 0) is 14.4 Å². The molecule has 7 nitrogen and oxygen atoms in total. The summed E-state index contributed by atoms with van der Waals surface area (Å²) >= 11 is 0. The number of amides is 2. The van der Waals surface area contributed by atoms with Crippen LogP contribution < -0.4 is 11.1 Å². The van der Waals surface area contributed by atoms with Crippen molar-refractivity contribution in [3.8, 4) is 0 Å². The Hall–Kier alpha value is -1.63. The number of nitrogens with two attached hydrogens (primary N) is 1. The monoisotopic (exact) mass is 246 g/mol. The molecule has 0 saturated heterocycles. The summed E-state index contributed by atoms with van der Waals surface area (Å²) in [7, 11) is 0. The Bertz CT molecular complexity index is 325. The molecule has 98 valence electrons. The summed E-state index contributed by atoms with van der Waals surface area (Å²) in [4.78, 5) is 33.1. The molecule has 0 aromatic rings. The largest absolute Gasteiger partial charge is 0.479 e. The van der Waals surface area contributed by atoms with Crippen LogP contribution in [0.5, 0.6) is 0 Å². The fourth-order valence-corrected chi connectivity index (χ4v) is 1.11. The third-order valence-electron chi connectivity index (χ3n) is 2.21. The zero-order valence-corrected chi connectivity index (χ0v) is 10.1. The van der Waals surface area contributed by atoms with Gasteiger partial charge in [0.1, 0.15) is 6.04 Å². The smallest absolute Gasteiger partial charge is 0.345 e. The number of nitrogens with one attached hydrogen (secondary N) is 1. The van der Waals surface area contributed by atoms with Crippen molar-refractivity contribution in [1.82, 2.24) is 5.32 Å². The standard InChI is InChI=1S/C10H18N2O5/c1-5(2)4-6(7(11)13)12-8(14)10(3,17)9(15)16/h5-6,17H,4H2,1-3H3,(H2,11,13)(H,12,14)(H,15,16). The highest BCUT2D eigenvalue weighted by Crippen LogP contribution is 2.08. The first kappa shape index (κ1) is 15.4. The summed E-state index contributed by atoms with van der Waals surface area (Å²) in [6.07, 6.45) is 0.275. The number of aliphatic carboxylic acids is 1. The fourth-order valence-electron chi connectivity index (χ4n) is 1.11. The molecule has 0 aliphatic rings. The minimum absolute atomic E-state index is 0.0857. The van der Waals surface area contributed by atoms with Crippen LogP contribution >= 0.6 is 0 Å². The number of hydrogen-bond acceptors (Lipinski definition) is 4. The molecule has 2 amide bonds. The second-order valence-electron chi connectivity index (χ2n) is 4.44. The van der Waals surface area contributed by atoms with E-state index in [0.29, 0.717) is 0 Å². The van der Waals surface area contributed by atoms with Crippen LogP contribution in [0, 0.1) is 5.92 Å². The van der Waals surface area contributed by atoms with Crippen molar-refractivity contribution in [2.24, 2.45) is 11.7 Å². The molecule has 0 radical (unpaired) electrons. The first-order chi connectivity index (χ1) is 7.59. The van der Waals surface area contributed by atoms with E-state index in [1.165, 1.54) is 0 Å². The average molecular weight is 246 g/mol. The van der Waals surface area contributed by atoms with Crippen molar-refractivity contribution in [3.05, 3.63) is 0 Å². The summed E-state index contributed by atoms with van der Waals surface area (Å²) in [6.45, 7) is 4.47. The Kier molecular flexibility index (Phi) is 5.09. The van der Waals surface area contributed by atoms with Crippen molar-refractivity contribution in [1.29, 1.82) is 0 Å². The maximum Gasteiger partial charge on any atom is 0.345 e. The summed E-state index contributed by atoms with van der Waals surface area (Å²) in [5, 5.41) is 20.1. The molecular formula is C10H18N2O5. The van der Waals surface area contributed by atoms with Gasteiger partial charge in [-0.3, -0.25) is 9.59 Å². The number of aliphatic hydroxyl groups is 1. The summed E-state index contributed by atoms with van der Waals surface area (Å²) < 4.78 is 0. The first-order valence-electron chi connectivity index (χ1n) is 5.15.